The Balaban J connectivity index is 2.03. The highest BCUT2D eigenvalue weighted by molar-refractivity contribution is 6.50. The Labute approximate surface area is 139 Å². The normalized spacial score (nSPS) is 14.2. The molecule has 0 amide bonds. The van der Waals surface area contributed by atoms with Gasteiger partial charge in [-0.25, -0.2) is 0 Å². The highest BCUT2D eigenvalue weighted by Crippen LogP contribution is 2.37. The van der Waals surface area contributed by atoms with Crippen molar-refractivity contribution in [2.45, 2.75) is 26.7 Å². The van der Waals surface area contributed by atoms with Crippen molar-refractivity contribution in [2.75, 3.05) is 0 Å². The molecule has 0 spiro atoms. The second kappa shape index (κ2) is 5.34. The minimum atomic E-state index is -0.470. The number of ketones is 2. The summed E-state index contributed by atoms with van der Waals surface area (Å²) in [4.78, 5) is 30.9. The van der Waals surface area contributed by atoms with Gasteiger partial charge in [0.05, 0.1) is 11.4 Å². The van der Waals surface area contributed by atoms with Crippen molar-refractivity contribution >= 4 is 28.0 Å². The molecule has 0 atom stereocenters. The van der Waals surface area contributed by atoms with Crippen LogP contribution in [0, 0.1) is 0 Å². The van der Waals surface area contributed by atoms with E-state index in [0.717, 1.165) is 46.1 Å². The number of H-pyrrole nitrogens is 2. The molecule has 0 saturated carbocycles. The van der Waals surface area contributed by atoms with E-state index >= 15 is 0 Å². The Hall–Kier alpha value is -2.88. The first-order valence-corrected chi connectivity index (χ1v) is 8.26. The van der Waals surface area contributed by atoms with Gasteiger partial charge in [0.15, 0.2) is 0 Å². The van der Waals surface area contributed by atoms with Crippen LogP contribution in [-0.4, -0.2) is 21.5 Å². The van der Waals surface area contributed by atoms with Crippen molar-refractivity contribution in [1.29, 1.82) is 0 Å². The van der Waals surface area contributed by atoms with Crippen molar-refractivity contribution in [3.05, 3.63) is 64.6 Å². The van der Waals surface area contributed by atoms with Gasteiger partial charge < -0.3 is 9.97 Å². The van der Waals surface area contributed by atoms with Crippen LogP contribution in [0.4, 0.5) is 0 Å². The number of nitrogens with one attached hydrogen (secondary N) is 2. The molecule has 0 unspecified atom stereocenters. The predicted octanol–water partition coefficient (Wildman–Crippen LogP) is 3.82. The third-order valence-electron chi connectivity index (χ3n) is 4.77. The monoisotopic (exact) mass is 318 g/mol. The summed E-state index contributed by atoms with van der Waals surface area (Å²) in [5.74, 6) is -0.926. The Bertz CT molecular complexity index is 1020. The van der Waals surface area contributed by atoms with E-state index in [1.807, 2.05) is 31.3 Å². The van der Waals surface area contributed by atoms with E-state index in [0.29, 0.717) is 5.69 Å². The average molecular weight is 318 g/mol. The van der Waals surface area contributed by atoms with Gasteiger partial charge in [-0.05, 0) is 36.1 Å². The molecule has 1 aliphatic rings. The van der Waals surface area contributed by atoms with Crippen molar-refractivity contribution < 1.29 is 9.59 Å². The fraction of sp³-hybridized carbons (Fsp3) is 0.200. The molecular weight excluding hydrogens is 300 g/mol. The van der Waals surface area contributed by atoms with Crippen LogP contribution in [0.2, 0.25) is 0 Å². The Morgan fingerprint density at radius 2 is 1.79 bits per heavy atom. The van der Waals surface area contributed by atoms with E-state index in [1.54, 1.807) is 0 Å². The largest absolute Gasteiger partial charge is 0.358 e. The van der Waals surface area contributed by atoms with E-state index in [-0.39, 0.29) is 0 Å². The summed E-state index contributed by atoms with van der Waals surface area (Å²) in [6, 6.07) is 8.13. The molecule has 0 radical (unpaired) electrons. The lowest BCUT2D eigenvalue weighted by atomic mass is 9.87. The van der Waals surface area contributed by atoms with E-state index < -0.39 is 11.6 Å². The standard InChI is InChI=1S/C20H18N2O2/c1-3-11-10-21-19-17(11)14(9-16(23)20(19)24)18-12(4-2)13-7-5-6-8-15(13)22-18/h5-10,21-22H,3-4H2,1-2H3. The lowest BCUT2D eigenvalue weighted by Gasteiger charge is -2.15. The van der Waals surface area contributed by atoms with Gasteiger partial charge in [0, 0.05) is 28.2 Å². The zero-order chi connectivity index (χ0) is 16.8. The molecule has 2 aromatic heterocycles. The number of aromatic amines is 2. The molecule has 0 aliphatic heterocycles. The molecule has 4 nitrogen and oxygen atoms in total. The van der Waals surface area contributed by atoms with E-state index in [1.165, 1.54) is 11.6 Å². The van der Waals surface area contributed by atoms with Gasteiger partial charge >= 0.3 is 0 Å². The van der Waals surface area contributed by atoms with Gasteiger partial charge in [0.25, 0.3) is 0 Å². The number of hydrogen-bond acceptors (Lipinski definition) is 2. The number of allylic oxidation sites excluding steroid dienone is 1. The molecule has 1 aliphatic carbocycles. The zero-order valence-electron chi connectivity index (χ0n) is 13.7. The number of fused-ring (bicyclic) bond motifs is 2. The number of carbonyl (C=O) groups excluding carboxylic acids is 2. The van der Waals surface area contributed by atoms with Gasteiger partial charge in [-0.2, -0.15) is 0 Å². The lowest BCUT2D eigenvalue weighted by molar-refractivity contribution is -0.111. The lowest BCUT2D eigenvalue weighted by Crippen LogP contribution is -2.19. The van der Waals surface area contributed by atoms with Crippen LogP contribution in [0.25, 0.3) is 16.5 Å². The summed E-state index contributed by atoms with van der Waals surface area (Å²) >= 11 is 0. The average Bonchev–Trinajstić information content (AvgIpc) is 3.19. The molecule has 2 heterocycles. The first kappa shape index (κ1) is 14.7. The molecule has 0 bridgehead atoms. The number of aromatic nitrogens is 2. The summed E-state index contributed by atoms with van der Waals surface area (Å²) in [6.07, 6.45) is 4.97. The smallest absolute Gasteiger partial charge is 0.249 e. The summed E-state index contributed by atoms with van der Waals surface area (Å²) in [5, 5.41) is 1.16. The van der Waals surface area contributed by atoms with Crippen LogP contribution in [0.5, 0.6) is 0 Å². The van der Waals surface area contributed by atoms with Crippen molar-refractivity contribution in [1.82, 2.24) is 9.97 Å². The van der Waals surface area contributed by atoms with Gasteiger partial charge in [-0.1, -0.05) is 32.0 Å². The maximum absolute atomic E-state index is 12.2. The molecular formula is C20H18N2O2. The fourth-order valence-corrected chi connectivity index (χ4v) is 3.62. The Morgan fingerprint density at radius 3 is 2.54 bits per heavy atom. The van der Waals surface area contributed by atoms with Crippen molar-refractivity contribution in [3.8, 4) is 0 Å². The third-order valence-corrected chi connectivity index (χ3v) is 4.77. The van der Waals surface area contributed by atoms with Crippen LogP contribution in [0.3, 0.4) is 0 Å². The quantitative estimate of drug-likeness (QED) is 0.721. The highest BCUT2D eigenvalue weighted by Gasteiger charge is 2.31. The molecule has 4 rings (SSSR count). The molecule has 2 N–H and O–H groups in total. The van der Waals surface area contributed by atoms with Crippen LogP contribution < -0.4 is 0 Å². The number of Topliss-reactive ketones (excluding diaryl/α,β-unsaturated/α-hetero) is 1. The Morgan fingerprint density at radius 1 is 1.00 bits per heavy atom. The Kier molecular flexibility index (Phi) is 3.27. The molecule has 24 heavy (non-hydrogen) atoms. The molecule has 0 saturated heterocycles. The number of aryl methyl sites for hydroxylation is 2. The summed E-state index contributed by atoms with van der Waals surface area (Å²) in [6.45, 7) is 4.15. The molecule has 4 heteroatoms. The molecule has 120 valence electrons. The minimum Gasteiger partial charge on any atom is -0.358 e. The van der Waals surface area contributed by atoms with E-state index in [2.05, 4.69) is 23.0 Å². The molecule has 0 fully saturated rings. The predicted molar refractivity (Wildman–Crippen MR) is 94.3 cm³/mol. The summed E-state index contributed by atoms with van der Waals surface area (Å²) in [7, 11) is 0. The SMILES string of the molecule is CCc1c[nH]c2c1C(c1[nH]c3ccccc3c1CC)=CC(=O)C2=O. The van der Waals surface area contributed by atoms with Crippen LogP contribution in [0.15, 0.2) is 36.5 Å². The van der Waals surface area contributed by atoms with Crippen LogP contribution in [0.1, 0.15) is 46.7 Å². The number of benzene rings is 1. The summed E-state index contributed by atoms with van der Waals surface area (Å²) < 4.78 is 0. The molecule has 1 aromatic carbocycles. The number of rotatable bonds is 3. The zero-order valence-corrected chi connectivity index (χ0v) is 13.7. The molecule has 3 aromatic rings. The van der Waals surface area contributed by atoms with Gasteiger partial charge in [0.1, 0.15) is 0 Å². The van der Waals surface area contributed by atoms with Gasteiger partial charge in [-0.15, -0.1) is 0 Å². The topological polar surface area (TPSA) is 65.7 Å². The number of hydrogen-bond donors (Lipinski definition) is 2. The third kappa shape index (κ3) is 1.92. The second-order valence-electron chi connectivity index (χ2n) is 6.05. The van der Waals surface area contributed by atoms with E-state index in [4.69, 9.17) is 0 Å². The summed E-state index contributed by atoms with van der Waals surface area (Å²) in [5.41, 5.74) is 6.31. The van der Waals surface area contributed by atoms with Gasteiger partial charge in [0.2, 0.25) is 11.6 Å². The maximum atomic E-state index is 12.2. The van der Waals surface area contributed by atoms with Gasteiger partial charge in [-0.3, -0.25) is 9.59 Å². The first-order valence-electron chi connectivity index (χ1n) is 8.26. The van der Waals surface area contributed by atoms with Crippen LogP contribution in [-0.2, 0) is 17.6 Å². The second-order valence-corrected chi connectivity index (χ2v) is 6.05. The van der Waals surface area contributed by atoms with Crippen molar-refractivity contribution in [3.63, 3.8) is 0 Å². The highest BCUT2D eigenvalue weighted by atomic mass is 16.2. The van der Waals surface area contributed by atoms with E-state index in [9.17, 15) is 9.59 Å². The number of para-hydroxylation sites is 1. The number of carbonyl (C=O) groups is 2. The fourth-order valence-electron chi connectivity index (χ4n) is 3.62. The van der Waals surface area contributed by atoms with Crippen molar-refractivity contribution in [2.24, 2.45) is 0 Å². The minimum absolute atomic E-state index is 0.412. The maximum Gasteiger partial charge on any atom is 0.249 e. The first-order chi connectivity index (χ1) is 11.7. The van der Waals surface area contributed by atoms with Crippen LogP contribution >= 0.6 is 0 Å².